The molecular formula is C7H14O5. The highest BCUT2D eigenvalue weighted by molar-refractivity contribution is 5.86. The fourth-order valence-corrected chi connectivity index (χ4v) is 0.147. The van der Waals surface area contributed by atoms with Gasteiger partial charge in [-0.1, -0.05) is 6.58 Å². The Morgan fingerprint density at radius 2 is 1.83 bits per heavy atom. The monoisotopic (exact) mass is 178 g/mol. The van der Waals surface area contributed by atoms with Gasteiger partial charge in [0, 0.05) is 5.57 Å². The van der Waals surface area contributed by atoms with Crippen molar-refractivity contribution in [2.45, 2.75) is 6.92 Å². The Morgan fingerprint density at radius 1 is 1.42 bits per heavy atom. The van der Waals surface area contributed by atoms with Gasteiger partial charge in [0.2, 0.25) is 0 Å². The van der Waals surface area contributed by atoms with Crippen LogP contribution in [-0.4, -0.2) is 36.5 Å². The minimum Gasteiger partial charge on any atom is -0.394 e. The van der Waals surface area contributed by atoms with E-state index in [1.54, 1.807) is 6.92 Å². The van der Waals surface area contributed by atoms with Crippen molar-refractivity contribution in [1.29, 1.82) is 0 Å². The molecule has 0 aromatic carbocycles. The summed E-state index contributed by atoms with van der Waals surface area (Å²) in [5, 5.41) is 15.2. The fourth-order valence-electron chi connectivity index (χ4n) is 0.147. The van der Waals surface area contributed by atoms with E-state index < -0.39 is 5.97 Å². The highest BCUT2D eigenvalue weighted by Gasteiger charge is 2.00. The second kappa shape index (κ2) is 10.1. The maximum absolute atomic E-state index is 10.3. The number of rotatable bonds is 3. The van der Waals surface area contributed by atoms with Crippen molar-refractivity contribution in [2.24, 2.45) is 0 Å². The minimum absolute atomic E-state index is 0.125. The van der Waals surface area contributed by atoms with Gasteiger partial charge in [0.1, 0.15) is 0 Å². The summed E-state index contributed by atoms with van der Waals surface area (Å²) >= 11 is 0. The topological polar surface area (TPSA) is 76.0 Å². The highest BCUT2D eigenvalue weighted by Crippen LogP contribution is 1.89. The largest absolute Gasteiger partial charge is 0.394 e. The van der Waals surface area contributed by atoms with Gasteiger partial charge in [-0.3, -0.25) is 4.89 Å². The molecule has 0 aliphatic rings. The van der Waals surface area contributed by atoms with Gasteiger partial charge in [-0.2, -0.15) is 4.89 Å². The van der Waals surface area contributed by atoms with Gasteiger partial charge in [0.05, 0.1) is 20.3 Å². The SMILES string of the molecule is C=C(C)C(=O)OOC.OCCO. The predicted octanol–water partition coefficient (Wildman–Crippen LogP) is -0.362. The van der Waals surface area contributed by atoms with Crippen molar-refractivity contribution in [1.82, 2.24) is 0 Å². The molecule has 0 unspecified atom stereocenters. The molecule has 5 heteroatoms. The lowest BCUT2D eigenvalue weighted by atomic mass is 10.4. The summed E-state index contributed by atoms with van der Waals surface area (Å²) in [6.45, 7) is 4.61. The van der Waals surface area contributed by atoms with Gasteiger partial charge in [0.15, 0.2) is 0 Å². The average molecular weight is 178 g/mol. The van der Waals surface area contributed by atoms with E-state index in [-0.39, 0.29) is 13.2 Å². The molecule has 72 valence electrons. The van der Waals surface area contributed by atoms with Crippen molar-refractivity contribution < 1.29 is 24.8 Å². The molecule has 0 aliphatic carbocycles. The number of aliphatic hydroxyl groups is 2. The third-order valence-corrected chi connectivity index (χ3v) is 0.607. The molecular weight excluding hydrogens is 164 g/mol. The lowest BCUT2D eigenvalue weighted by Crippen LogP contribution is -2.02. The van der Waals surface area contributed by atoms with Gasteiger partial charge < -0.3 is 10.2 Å². The zero-order valence-corrected chi connectivity index (χ0v) is 7.24. The van der Waals surface area contributed by atoms with Crippen LogP contribution in [0.4, 0.5) is 0 Å². The minimum atomic E-state index is -0.535. The van der Waals surface area contributed by atoms with E-state index >= 15 is 0 Å². The second-order valence-electron chi connectivity index (χ2n) is 1.77. The van der Waals surface area contributed by atoms with E-state index in [1.807, 2.05) is 0 Å². The normalized spacial score (nSPS) is 8.00. The Morgan fingerprint density at radius 3 is 1.92 bits per heavy atom. The molecule has 5 nitrogen and oxygen atoms in total. The lowest BCUT2D eigenvalue weighted by molar-refractivity contribution is -0.250. The summed E-state index contributed by atoms with van der Waals surface area (Å²) in [7, 11) is 1.26. The summed E-state index contributed by atoms with van der Waals surface area (Å²) < 4.78 is 0. The Balaban J connectivity index is 0. The molecule has 0 fully saturated rings. The van der Waals surface area contributed by atoms with Crippen LogP contribution in [0.1, 0.15) is 6.92 Å². The molecule has 0 aromatic heterocycles. The Hall–Kier alpha value is -0.910. The van der Waals surface area contributed by atoms with E-state index in [4.69, 9.17) is 10.2 Å². The quantitative estimate of drug-likeness (QED) is 0.350. The molecule has 0 heterocycles. The van der Waals surface area contributed by atoms with E-state index in [2.05, 4.69) is 16.4 Å². The summed E-state index contributed by atoms with van der Waals surface area (Å²) in [5.74, 6) is -0.535. The average Bonchev–Trinajstić information content (AvgIpc) is 2.05. The van der Waals surface area contributed by atoms with Crippen LogP contribution in [0, 0.1) is 0 Å². The molecule has 0 aliphatic heterocycles. The Kier molecular flexibility index (Phi) is 11.5. The van der Waals surface area contributed by atoms with E-state index in [0.29, 0.717) is 5.57 Å². The molecule has 12 heavy (non-hydrogen) atoms. The first kappa shape index (κ1) is 13.7. The van der Waals surface area contributed by atoms with Crippen molar-refractivity contribution in [3.63, 3.8) is 0 Å². The van der Waals surface area contributed by atoms with E-state index in [9.17, 15) is 4.79 Å². The van der Waals surface area contributed by atoms with Crippen LogP contribution in [0.3, 0.4) is 0 Å². The number of hydrogen-bond acceptors (Lipinski definition) is 5. The standard InChI is InChI=1S/C5H8O3.C2H6O2/c1-4(2)5(6)8-7-3;3-1-2-4/h1H2,2-3H3;3-4H,1-2H2. The van der Waals surface area contributed by atoms with Crippen molar-refractivity contribution in [2.75, 3.05) is 20.3 Å². The van der Waals surface area contributed by atoms with Gasteiger partial charge in [-0.25, -0.2) is 4.79 Å². The van der Waals surface area contributed by atoms with Gasteiger partial charge in [-0.05, 0) is 6.92 Å². The molecule has 0 spiro atoms. The summed E-state index contributed by atoms with van der Waals surface area (Å²) in [6.07, 6.45) is 0. The Labute approximate surface area is 71.2 Å². The predicted molar refractivity (Wildman–Crippen MR) is 42.1 cm³/mol. The van der Waals surface area contributed by atoms with Crippen LogP contribution in [0.25, 0.3) is 0 Å². The van der Waals surface area contributed by atoms with Crippen LogP contribution in [0.15, 0.2) is 12.2 Å². The molecule has 0 saturated carbocycles. The second-order valence-corrected chi connectivity index (χ2v) is 1.77. The molecule has 0 radical (unpaired) electrons. The molecule has 0 saturated heterocycles. The third kappa shape index (κ3) is 11.8. The molecule has 0 bridgehead atoms. The zero-order valence-electron chi connectivity index (χ0n) is 7.24. The maximum atomic E-state index is 10.3. The first-order chi connectivity index (χ1) is 5.59. The fraction of sp³-hybridized carbons (Fsp3) is 0.571. The Bertz CT molecular complexity index is 130. The van der Waals surface area contributed by atoms with Crippen LogP contribution < -0.4 is 0 Å². The van der Waals surface area contributed by atoms with Crippen LogP contribution in [-0.2, 0) is 14.6 Å². The third-order valence-electron chi connectivity index (χ3n) is 0.607. The van der Waals surface area contributed by atoms with E-state index in [1.165, 1.54) is 7.11 Å². The van der Waals surface area contributed by atoms with Crippen molar-refractivity contribution in [3.8, 4) is 0 Å². The molecule has 0 aromatic rings. The first-order valence-corrected chi connectivity index (χ1v) is 3.22. The summed E-state index contributed by atoms with van der Waals surface area (Å²) in [4.78, 5) is 18.4. The van der Waals surface area contributed by atoms with E-state index in [0.717, 1.165) is 0 Å². The van der Waals surface area contributed by atoms with Gasteiger partial charge in [-0.15, -0.1) is 0 Å². The smallest absolute Gasteiger partial charge is 0.368 e. The van der Waals surface area contributed by atoms with Crippen molar-refractivity contribution >= 4 is 5.97 Å². The van der Waals surface area contributed by atoms with Crippen LogP contribution in [0.2, 0.25) is 0 Å². The number of carbonyl (C=O) groups excluding carboxylic acids is 1. The summed E-state index contributed by atoms with van der Waals surface area (Å²) in [6, 6.07) is 0. The number of carbonyl (C=O) groups is 1. The van der Waals surface area contributed by atoms with Crippen LogP contribution in [0.5, 0.6) is 0 Å². The maximum Gasteiger partial charge on any atom is 0.368 e. The number of hydrogen-bond donors (Lipinski definition) is 2. The summed E-state index contributed by atoms with van der Waals surface area (Å²) in [5.41, 5.74) is 0.326. The van der Waals surface area contributed by atoms with Gasteiger partial charge >= 0.3 is 5.97 Å². The zero-order chi connectivity index (χ0) is 9.98. The molecule has 0 atom stereocenters. The van der Waals surface area contributed by atoms with Crippen LogP contribution >= 0.6 is 0 Å². The first-order valence-electron chi connectivity index (χ1n) is 3.22. The number of aliphatic hydroxyl groups excluding tert-OH is 2. The molecule has 0 amide bonds. The van der Waals surface area contributed by atoms with Crippen molar-refractivity contribution in [3.05, 3.63) is 12.2 Å². The van der Waals surface area contributed by atoms with Gasteiger partial charge in [0.25, 0.3) is 0 Å². The highest BCUT2D eigenvalue weighted by atomic mass is 17.2. The molecule has 0 rings (SSSR count). The molecule has 2 N–H and O–H groups in total. The lowest BCUT2D eigenvalue weighted by Gasteiger charge is -1.94.